The molecule has 0 saturated carbocycles. The van der Waals surface area contributed by atoms with Crippen molar-refractivity contribution in [2.75, 3.05) is 12.4 Å². The van der Waals surface area contributed by atoms with Crippen LogP contribution in [0.2, 0.25) is 0 Å². The number of hydrogen-bond donors (Lipinski definition) is 1. The molecule has 0 radical (unpaired) electrons. The van der Waals surface area contributed by atoms with Gasteiger partial charge in [0.2, 0.25) is 15.9 Å². The molecule has 0 atom stereocenters. The third kappa shape index (κ3) is 5.61. The number of carbonyl (C=O) groups excluding carboxylic acids is 1. The molecule has 1 amide bonds. The first-order valence-electron chi connectivity index (χ1n) is 11.2. The first-order chi connectivity index (χ1) is 17.3. The maximum atomic E-state index is 13.3. The number of nitrogens with zero attached hydrogens (tertiary/aromatic N) is 3. The second kappa shape index (κ2) is 10.7. The molecule has 10 heteroatoms. The fourth-order valence-corrected chi connectivity index (χ4v) is 5.14. The van der Waals surface area contributed by atoms with Crippen molar-refractivity contribution in [2.24, 2.45) is 0 Å². The van der Waals surface area contributed by atoms with Crippen molar-refractivity contribution >= 4 is 21.9 Å². The molecule has 4 aromatic rings. The van der Waals surface area contributed by atoms with Crippen molar-refractivity contribution in [3.8, 4) is 17.2 Å². The predicted octanol–water partition coefficient (Wildman–Crippen LogP) is 4.60. The van der Waals surface area contributed by atoms with Gasteiger partial charge in [-0.2, -0.15) is 4.31 Å². The highest BCUT2D eigenvalue weighted by Crippen LogP contribution is 2.24. The largest absolute Gasteiger partial charge is 0.497 e. The van der Waals surface area contributed by atoms with Crippen LogP contribution < -0.4 is 10.1 Å². The Balaban J connectivity index is 1.46. The van der Waals surface area contributed by atoms with E-state index in [0.717, 1.165) is 5.56 Å². The lowest BCUT2D eigenvalue weighted by Gasteiger charge is -2.26. The van der Waals surface area contributed by atoms with E-state index < -0.39 is 15.9 Å². The maximum Gasteiger partial charge on any atom is 0.322 e. The van der Waals surface area contributed by atoms with Gasteiger partial charge in [0, 0.05) is 23.7 Å². The van der Waals surface area contributed by atoms with E-state index in [9.17, 15) is 13.2 Å². The number of anilines is 1. The predicted molar refractivity (Wildman–Crippen MR) is 135 cm³/mol. The minimum absolute atomic E-state index is 0.0728. The van der Waals surface area contributed by atoms with Crippen molar-refractivity contribution < 1.29 is 22.4 Å². The van der Waals surface area contributed by atoms with Crippen molar-refractivity contribution in [3.05, 3.63) is 90.0 Å². The summed E-state index contributed by atoms with van der Waals surface area (Å²) in [4.78, 5) is 12.8. The summed E-state index contributed by atoms with van der Waals surface area (Å²) in [7, 11) is -2.21. The van der Waals surface area contributed by atoms with Crippen molar-refractivity contribution in [2.45, 2.75) is 31.3 Å². The summed E-state index contributed by atoms with van der Waals surface area (Å²) in [5.41, 5.74) is 1.81. The van der Waals surface area contributed by atoms with Gasteiger partial charge in [0.1, 0.15) is 5.75 Å². The normalized spacial score (nSPS) is 11.6. The van der Waals surface area contributed by atoms with Gasteiger partial charge in [0.25, 0.3) is 5.91 Å². The Kier molecular flexibility index (Phi) is 7.47. The topological polar surface area (TPSA) is 115 Å². The summed E-state index contributed by atoms with van der Waals surface area (Å²) >= 11 is 0. The third-order valence-electron chi connectivity index (χ3n) is 5.46. The molecule has 0 spiro atoms. The van der Waals surface area contributed by atoms with Gasteiger partial charge in [-0.25, -0.2) is 8.42 Å². The van der Waals surface area contributed by atoms with Crippen LogP contribution in [0.3, 0.4) is 0 Å². The van der Waals surface area contributed by atoms with Crippen LogP contribution in [0.4, 0.5) is 6.01 Å². The number of hydrogen-bond acceptors (Lipinski definition) is 7. The molecule has 4 rings (SSSR count). The summed E-state index contributed by atoms with van der Waals surface area (Å²) in [5, 5.41) is 10.3. The van der Waals surface area contributed by atoms with Gasteiger partial charge in [-0.05, 0) is 67.9 Å². The molecule has 0 aliphatic heterocycles. The SMILES string of the molecule is COc1ccc(-c2nnc(NC(=O)c3ccc(S(=O)(=O)N(Cc4ccccc4)C(C)C)cc3)o2)cc1. The molecular weight excluding hydrogens is 480 g/mol. The number of amides is 1. The number of nitrogens with one attached hydrogen (secondary N) is 1. The van der Waals surface area contributed by atoms with E-state index in [2.05, 4.69) is 15.5 Å². The molecule has 1 heterocycles. The van der Waals surface area contributed by atoms with Gasteiger partial charge in [-0.1, -0.05) is 35.4 Å². The van der Waals surface area contributed by atoms with Crippen molar-refractivity contribution in [1.82, 2.24) is 14.5 Å². The zero-order chi connectivity index (χ0) is 25.7. The van der Waals surface area contributed by atoms with Crippen LogP contribution >= 0.6 is 0 Å². The molecule has 1 aromatic heterocycles. The minimum atomic E-state index is -3.78. The molecule has 0 unspecified atom stereocenters. The Bertz CT molecular complexity index is 1420. The van der Waals surface area contributed by atoms with Gasteiger partial charge < -0.3 is 9.15 Å². The Morgan fingerprint density at radius 1 is 0.972 bits per heavy atom. The summed E-state index contributed by atoms with van der Waals surface area (Å²) in [6.45, 7) is 3.90. The average molecular weight is 507 g/mol. The van der Waals surface area contributed by atoms with E-state index in [4.69, 9.17) is 9.15 Å². The van der Waals surface area contributed by atoms with Gasteiger partial charge in [0.15, 0.2) is 0 Å². The van der Waals surface area contributed by atoms with Crippen molar-refractivity contribution in [1.29, 1.82) is 0 Å². The number of carbonyl (C=O) groups is 1. The molecular formula is C26H26N4O5S. The monoisotopic (exact) mass is 506 g/mol. The summed E-state index contributed by atoms with van der Waals surface area (Å²) in [6, 6.07) is 21.8. The van der Waals surface area contributed by atoms with Crippen LogP contribution in [0, 0.1) is 0 Å². The first-order valence-corrected chi connectivity index (χ1v) is 12.7. The zero-order valence-electron chi connectivity index (χ0n) is 20.1. The fourth-order valence-electron chi connectivity index (χ4n) is 3.52. The van der Waals surface area contributed by atoms with E-state index in [1.165, 1.54) is 28.6 Å². The lowest BCUT2D eigenvalue weighted by Crippen LogP contribution is -2.36. The lowest BCUT2D eigenvalue weighted by molar-refractivity contribution is 0.102. The number of ether oxygens (including phenoxy) is 1. The van der Waals surface area contributed by atoms with Crippen LogP contribution in [0.15, 0.2) is 88.2 Å². The molecule has 186 valence electrons. The zero-order valence-corrected chi connectivity index (χ0v) is 20.9. The summed E-state index contributed by atoms with van der Waals surface area (Å²) in [5.74, 6) is 0.421. The third-order valence-corrected chi connectivity index (χ3v) is 7.50. The number of benzene rings is 3. The van der Waals surface area contributed by atoms with E-state index >= 15 is 0 Å². The van der Waals surface area contributed by atoms with Crippen LogP contribution in [-0.2, 0) is 16.6 Å². The number of methoxy groups -OCH3 is 1. The van der Waals surface area contributed by atoms with Crippen LogP contribution in [0.1, 0.15) is 29.8 Å². The fraction of sp³-hybridized carbons (Fsp3) is 0.192. The number of rotatable bonds is 9. The molecule has 0 aliphatic rings. The van der Waals surface area contributed by atoms with Crippen molar-refractivity contribution in [3.63, 3.8) is 0 Å². The molecule has 36 heavy (non-hydrogen) atoms. The molecule has 0 fully saturated rings. The Labute approximate surface area is 209 Å². The van der Waals surface area contributed by atoms with Gasteiger partial charge >= 0.3 is 6.01 Å². The summed E-state index contributed by atoms with van der Waals surface area (Å²) in [6.07, 6.45) is 0. The molecule has 0 saturated heterocycles. The molecule has 9 nitrogen and oxygen atoms in total. The summed E-state index contributed by atoms with van der Waals surface area (Å²) < 4.78 is 38.7. The highest BCUT2D eigenvalue weighted by atomic mass is 32.2. The quantitative estimate of drug-likeness (QED) is 0.353. The van der Waals surface area contributed by atoms with Crippen LogP contribution in [-0.4, -0.2) is 42.0 Å². The molecule has 0 bridgehead atoms. The van der Waals surface area contributed by atoms with Crippen LogP contribution in [0.5, 0.6) is 5.75 Å². The number of sulfonamides is 1. The first kappa shape index (κ1) is 25.1. The van der Waals surface area contributed by atoms with Gasteiger partial charge in [0.05, 0.1) is 12.0 Å². The molecule has 3 aromatic carbocycles. The van der Waals surface area contributed by atoms with Crippen LogP contribution in [0.25, 0.3) is 11.5 Å². The Morgan fingerprint density at radius 3 is 2.25 bits per heavy atom. The smallest absolute Gasteiger partial charge is 0.322 e. The highest BCUT2D eigenvalue weighted by molar-refractivity contribution is 7.89. The second-order valence-electron chi connectivity index (χ2n) is 8.25. The van der Waals surface area contributed by atoms with E-state index in [0.29, 0.717) is 11.3 Å². The highest BCUT2D eigenvalue weighted by Gasteiger charge is 2.27. The van der Waals surface area contributed by atoms with E-state index in [-0.39, 0.29) is 35.0 Å². The number of aromatic nitrogens is 2. The molecule has 1 N–H and O–H groups in total. The van der Waals surface area contributed by atoms with Gasteiger partial charge in [-0.3, -0.25) is 10.1 Å². The minimum Gasteiger partial charge on any atom is -0.497 e. The average Bonchev–Trinajstić information content (AvgIpc) is 3.36. The van der Waals surface area contributed by atoms with E-state index in [1.807, 2.05) is 44.2 Å². The Hall–Kier alpha value is -4.02. The maximum absolute atomic E-state index is 13.3. The van der Waals surface area contributed by atoms with E-state index in [1.54, 1.807) is 31.4 Å². The second-order valence-corrected chi connectivity index (χ2v) is 10.1. The Morgan fingerprint density at radius 2 is 1.64 bits per heavy atom. The van der Waals surface area contributed by atoms with Gasteiger partial charge in [-0.15, -0.1) is 5.10 Å². The standard InChI is InChI=1S/C26H26N4O5S/c1-18(2)30(17-19-7-5-4-6-8-19)36(32,33)23-15-11-20(12-16-23)24(31)27-26-29-28-25(35-26)21-9-13-22(34-3)14-10-21/h4-16,18H,17H2,1-3H3,(H,27,29,31). The lowest BCUT2D eigenvalue weighted by atomic mass is 10.2. The molecule has 0 aliphatic carbocycles.